The molecule has 7 heteroatoms. The molecule has 1 aliphatic rings. The van der Waals surface area contributed by atoms with Gasteiger partial charge in [0.2, 0.25) is 11.9 Å². The van der Waals surface area contributed by atoms with Gasteiger partial charge in [0, 0.05) is 38.8 Å². The van der Waals surface area contributed by atoms with Crippen molar-refractivity contribution in [3.63, 3.8) is 0 Å². The Hall–Kier alpha value is -1.82. The lowest BCUT2D eigenvalue weighted by atomic mass is 10.2. The van der Waals surface area contributed by atoms with Crippen LogP contribution in [0.2, 0.25) is 5.02 Å². The highest BCUT2D eigenvalue weighted by molar-refractivity contribution is 6.30. The zero-order valence-electron chi connectivity index (χ0n) is 12.0. The van der Waals surface area contributed by atoms with Crippen molar-refractivity contribution >= 4 is 29.1 Å². The highest BCUT2D eigenvalue weighted by atomic mass is 35.5. The molecule has 1 amide bonds. The van der Waals surface area contributed by atoms with Crippen LogP contribution in [0.1, 0.15) is 19.8 Å². The highest BCUT2D eigenvalue weighted by Crippen LogP contribution is 2.18. The number of halogens is 1. The largest absolute Gasteiger partial charge is 0.339 e. The van der Waals surface area contributed by atoms with Crippen molar-refractivity contribution in [1.82, 2.24) is 19.5 Å². The number of hydrogen-bond acceptors (Lipinski definition) is 4. The molecule has 3 heterocycles. The van der Waals surface area contributed by atoms with Crippen molar-refractivity contribution in [2.45, 2.75) is 19.8 Å². The van der Waals surface area contributed by atoms with E-state index in [0.717, 1.165) is 44.2 Å². The van der Waals surface area contributed by atoms with Crippen molar-refractivity contribution in [2.75, 3.05) is 31.1 Å². The first-order chi connectivity index (χ1) is 10.2. The fraction of sp³-hybridized carbons (Fsp3) is 0.500. The molecule has 2 aromatic rings. The minimum absolute atomic E-state index is 0.242. The van der Waals surface area contributed by atoms with Crippen LogP contribution >= 0.6 is 11.6 Å². The van der Waals surface area contributed by atoms with Gasteiger partial charge in [0.25, 0.3) is 0 Å². The molecule has 0 saturated carbocycles. The molecule has 0 unspecified atom stereocenters. The summed E-state index contributed by atoms with van der Waals surface area (Å²) in [4.78, 5) is 16.0. The fourth-order valence-corrected chi connectivity index (χ4v) is 2.76. The van der Waals surface area contributed by atoms with E-state index in [1.54, 1.807) is 6.07 Å². The molecule has 1 aliphatic heterocycles. The number of carbonyl (C=O) groups is 1. The first-order valence-corrected chi connectivity index (χ1v) is 7.60. The van der Waals surface area contributed by atoms with Crippen LogP contribution in [0.5, 0.6) is 0 Å². The molecule has 0 atom stereocenters. The molecule has 3 rings (SSSR count). The van der Waals surface area contributed by atoms with E-state index >= 15 is 0 Å². The number of piperazine rings is 1. The number of hydrogen-bond donors (Lipinski definition) is 0. The summed E-state index contributed by atoms with van der Waals surface area (Å²) in [6.07, 6.45) is 3.34. The normalized spacial score (nSPS) is 15.7. The van der Waals surface area contributed by atoms with Crippen LogP contribution in [-0.4, -0.2) is 51.6 Å². The summed E-state index contributed by atoms with van der Waals surface area (Å²) < 4.78 is 1.89. The van der Waals surface area contributed by atoms with Gasteiger partial charge >= 0.3 is 0 Å². The lowest BCUT2D eigenvalue weighted by molar-refractivity contribution is -0.131. The molecule has 112 valence electrons. The van der Waals surface area contributed by atoms with Crippen molar-refractivity contribution in [1.29, 1.82) is 0 Å². The quantitative estimate of drug-likeness (QED) is 0.868. The Morgan fingerprint density at radius 2 is 2.00 bits per heavy atom. The molecular formula is C14H18ClN5O. The zero-order valence-corrected chi connectivity index (χ0v) is 12.8. The van der Waals surface area contributed by atoms with Crippen LogP contribution in [0.25, 0.3) is 5.65 Å². The lowest BCUT2D eigenvalue weighted by Gasteiger charge is -2.34. The van der Waals surface area contributed by atoms with Crippen molar-refractivity contribution in [3.05, 3.63) is 23.4 Å². The van der Waals surface area contributed by atoms with Crippen LogP contribution in [-0.2, 0) is 4.79 Å². The van der Waals surface area contributed by atoms with Gasteiger partial charge in [0.1, 0.15) is 0 Å². The second kappa shape index (κ2) is 5.89. The first kappa shape index (κ1) is 14.1. The van der Waals surface area contributed by atoms with E-state index in [9.17, 15) is 4.79 Å². The molecule has 1 saturated heterocycles. The summed E-state index contributed by atoms with van der Waals surface area (Å²) in [7, 11) is 0. The summed E-state index contributed by atoms with van der Waals surface area (Å²) in [5.41, 5.74) is 0.777. The SMILES string of the molecule is CCCC(=O)N1CCN(c2nnc3ccc(Cl)cn23)CC1. The smallest absolute Gasteiger partial charge is 0.231 e. The maximum atomic E-state index is 11.9. The van der Waals surface area contributed by atoms with Crippen molar-refractivity contribution < 1.29 is 4.79 Å². The molecule has 6 nitrogen and oxygen atoms in total. The Balaban J connectivity index is 1.74. The molecule has 0 aromatic carbocycles. The molecule has 21 heavy (non-hydrogen) atoms. The summed E-state index contributed by atoms with van der Waals surface area (Å²) in [6.45, 7) is 5.02. The maximum absolute atomic E-state index is 11.9. The van der Waals surface area contributed by atoms with E-state index in [-0.39, 0.29) is 5.91 Å². The summed E-state index contributed by atoms with van der Waals surface area (Å²) in [5, 5.41) is 9.05. The van der Waals surface area contributed by atoms with Crippen LogP contribution in [0.4, 0.5) is 5.95 Å². The van der Waals surface area contributed by atoms with E-state index in [0.29, 0.717) is 11.4 Å². The average molecular weight is 308 g/mol. The molecule has 0 bridgehead atoms. The van der Waals surface area contributed by atoms with Crippen LogP contribution in [0.3, 0.4) is 0 Å². The Morgan fingerprint density at radius 1 is 1.24 bits per heavy atom. The van der Waals surface area contributed by atoms with Crippen LogP contribution < -0.4 is 4.90 Å². The second-order valence-corrected chi connectivity index (χ2v) is 5.63. The molecule has 0 radical (unpaired) electrons. The Morgan fingerprint density at radius 3 is 2.71 bits per heavy atom. The van der Waals surface area contributed by atoms with Crippen molar-refractivity contribution in [2.24, 2.45) is 0 Å². The molecule has 0 aliphatic carbocycles. The second-order valence-electron chi connectivity index (χ2n) is 5.19. The van der Waals surface area contributed by atoms with Gasteiger partial charge in [0.05, 0.1) is 5.02 Å². The van der Waals surface area contributed by atoms with E-state index in [1.807, 2.05) is 28.5 Å². The minimum Gasteiger partial charge on any atom is -0.339 e. The Bertz CT molecular complexity index is 648. The molecule has 0 spiro atoms. The minimum atomic E-state index is 0.242. The maximum Gasteiger partial charge on any atom is 0.231 e. The number of aromatic nitrogens is 3. The number of nitrogens with zero attached hydrogens (tertiary/aromatic N) is 5. The van der Waals surface area contributed by atoms with Gasteiger partial charge in [-0.05, 0) is 18.6 Å². The van der Waals surface area contributed by atoms with E-state index in [4.69, 9.17) is 11.6 Å². The van der Waals surface area contributed by atoms with Crippen molar-refractivity contribution in [3.8, 4) is 0 Å². The van der Waals surface area contributed by atoms with Gasteiger partial charge in [-0.15, -0.1) is 10.2 Å². The topological polar surface area (TPSA) is 53.7 Å². The molecule has 1 fully saturated rings. The van der Waals surface area contributed by atoms with Crippen LogP contribution in [0, 0.1) is 0 Å². The summed E-state index contributed by atoms with van der Waals surface area (Å²) in [5.74, 6) is 1.03. The summed E-state index contributed by atoms with van der Waals surface area (Å²) in [6, 6.07) is 3.65. The summed E-state index contributed by atoms with van der Waals surface area (Å²) >= 11 is 6.04. The van der Waals surface area contributed by atoms with Gasteiger partial charge in [-0.2, -0.15) is 0 Å². The standard InChI is InChI=1S/C14H18ClN5O/c1-2-3-13(21)18-6-8-19(9-7-18)14-17-16-12-5-4-11(15)10-20(12)14/h4-5,10H,2-3,6-9H2,1H3. The van der Waals surface area contributed by atoms with Gasteiger partial charge < -0.3 is 9.80 Å². The van der Waals surface area contributed by atoms with Gasteiger partial charge in [-0.3, -0.25) is 9.20 Å². The zero-order chi connectivity index (χ0) is 14.8. The molecule has 0 N–H and O–H groups in total. The number of amides is 1. The van der Waals surface area contributed by atoms with Gasteiger partial charge in [0.15, 0.2) is 5.65 Å². The van der Waals surface area contributed by atoms with Gasteiger partial charge in [-0.1, -0.05) is 18.5 Å². The predicted molar refractivity (Wildman–Crippen MR) is 81.7 cm³/mol. The molecule has 2 aromatic heterocycles. The Kier molecular flexibility index (Phi) is 3.96. The average Bonchev–Trinajstić information content (AvgIpc) is 2.90. The monoisotopic (exact) mass is 307 g/mol. The van der Waals surface area contributed by atoms with E-state index < -0.39 is 0 Å². The third-order valence-electron chi connectivity index (χ3n) is 3.73. The third kappa shape index (κ3) is 2.81. The predicted octanol–water partition coefficient (Wildman–Crippen LogP) is 1.83. The van der Waals surface area contributed by atoms with E-state index in [1.165, 1.54) is 0 Å². The van der Waals surface area contributed by atoms with Gasteiger partial charge in [-0.25, -0.2) is 0 Å². The third-order valence-corrected chi connectivity index (χ3v) is 3.95. The lowest BCUT2D eigenvalue weighted by Crippen LogP contribution is -2.49. The first-order valence-electron chi connectivity index (χ1n) is 7.22. The molecular weight excluding hydrogens is 290 g/mol. The Labute approximate surface area is 128 Å². The number of carbonyl (C=O) groups excluding carboxylic acids is 1. The highest BCUT2D eigenvalue weighted by Gasteiger charge is 2.23. The van der Waals surface area contributed by atoms with E-state index in [2.05, 4.69) is 15.1 Å². The number of pyridine rings is 1. The number of fused-ring (bicyclic) bond motifs is 1. The fourth-order valence-electron chi connectivity index (χ4n) is 2.60. The van der Waals surface area contributed by atoms with Crippen LogP contribution in [0.15, 0.2) is 18.3 Å². The number of rotatable bonds is 3. The number of anilines is 1.